The Hall–Kier alpha value is -2.91. The van der Waals surface area contributed by atoms with Crippen molar-refractivity contribution in [1.29, 1.82) is 0 Å². The predicted octanol–water partition coefficient (Wildman–Crippen LogP) is 1.18. The molecule has 24 heavy (non-hydrogen) atoms. The molecule has 0 aromatic heterocycles. The maximum atomic E-state index is 13.7. The SMILES string of the molecule is CCN1C(=O)NC(=O)C2(NC(=O)c3cc(F)c(F)c(F)c3F)C=C12. The normalized spacial score (nSPS) is 21.9. The van der Waals surface area contributed by atoms with E-state index < -0.39 is 52.2 Å². The molecule has 0 spiro atoms. The number of nitrogens with zero attached hydrogens (tertiary/aromatic N) is 1. The third-order valence-corrected chi connectivity index (χ3v) is 3.76. The summed E-state index contributed by atoms with van der Waals surface area (Å²) in [7, 11) is 0. The van der Waals surface area contributed by atoms with Crippen LogP contribution in [0.2, 0.25) is 0 Å². The Kier molecular flexibility index (Phi) is 3.36. The molecule has 1 unspecified atom stereocenters. The van der Waals surface area contributed by atoms with Crippen molar-refractivity contribution in [2.45, 2.75) is 12.5 Å². The fourth-order valence-corrected chi connectivity index (χ4v) is 2.47. The number of hydrogen-bond donors (Lipinski definition) is 2. The van der Waals surface area contributed by atoms with Gasteiger partial charge in [-0.3, -0.25) is 19.8 Å². The van der Waals surface area contributed by atoms with Gasteiger partial charge in [-0.1, -0.05) is 0 Å². The van der Waals surface area contributed by atoms with Gasteiger partial charge in [0.15, 0.2) is 28.8 Å². The van der Waals surface area contributed by atoms with Crippen LogP contribution in [0.25, 0.3) is 0 Å². The number of amides is 4. The number of carbonyl (C=O) groups is 3. The van der Waals surface area contributed by atoms with Crippen LogP contribution in [0, 0.1) is 23.3 Å². The monoisotopic (exact) mass is 343 g/mol. The third-order valence-electron chi connectivity index (χ3n) is 3.76. The first-order valence-corrected chi connectivity index (χ1v) is 6.74. The van der Waals surface area contributed by atoms with Crippen LogP contribution in [0.4, 0.5) is 22.4 Å². The molecular weight excluding hydrogens is 334 g/mol. The Morgan fingerprint density at radius 3 is 2.50 bits per heavy atom. The van der Waals surface area contributed by atoms with Crippen molar-refractivity contribution < 1.29 is 31.9 Å². The maximum absolute atomic E-state index is 13.7. The van der Waals surface area contributed by atoms with Gasteiger partial charge in [0.2, 0.25) is 0 Å². The van der Waals surface area contributed by atoms with Gasteiger partial charge in [0.1, 0.15) is 0 Å². The summed E-state index contributed by atoms with van der Waals surface area (Å²) in [5.74, 6) is -10.0. The van der Waals surface area contributed by atoms with Gasteiger partial charge < -0.3 is 5.32 Å². The highest BCUT2D eigenvalue weighted by Crippen LogP contribution is 2.40. The molecule has 0 radical (unpaired) electrons. The molecule has 2 aliphatic rings. The number of nitrogens with one attached hydrogen (secondary N) is 2. The molecule has 1 aromatic rings. The molecule has 2 N–H and O–H groups in total. The first-order valence-electron chi connectivity index (χ1n) is 6.74. The zero-order chi connectivity index (χ0) is 17.8. The quantitative estimate of drug-likeness (QED) is 0.491. The molecule has 1 aliphatic heterocycles. The first-order chi connectivity index (χ1) is 11.2. The number of halogens is 4. The lowest BCUT2D eigenvalue weighted by Crippen LogP contribution is -2.61. The molecule has 4 amide bonds. The summed E-state index contributed by atoms with van der Waals surface area (Å²) in [4.78, 5) is 36.8. The van der Waals surface area contributed by atoms with Crippen LogP contribution in [0.1, 0.15) is 17.3 Å². The van der Waals surface area contributed by atoms with Crippen LogP contribution in [0.5, 0.6) is 0 Å². The second kappa shape index (κ2) is 5.05. The predicted molar refractivity (Wildman–Crippen MR) is 70.5 cm³/mol. The average molecular weight is 343 g/mol. The van der Waals surface area contributed by atoms with Gasteiger partial charge >= 0.3 is 6.03 Å². The Labute approximate surface area is 132 Å². The van der Waals surface area contributed by atoms with Crippen molar-refractivity contribution in [3.05, 3.63) is 46.7 Å². The highest BCUT2D eigenvalue weighted by molar-refractivity contribution is 6.13. The summed E-state index contributed by atoms with van der Waals surface area (Å²) in [5.41, 5.74) is -2.64. The number of fused-ring (bicyclic) bond motifs is 1. The Balaban J connectivity index is 1.90. The number of carbonyl (C=O) groups excluding carboxylic acids is 3. The molecule has 3 rings (SSSR count). The van der Waals surface area contributed by atoms with E-state index in [1.54, 1.807) is 6.92 Å². The fraction of sp³-hybridized carbons (Fsp3) is 0.214. The number of hydrogen-bond acceptors (Lipinski definition) is 3. The molecule has 1 aromatic carbocycles. The summed E-state index contributed by atoms with van der Waals surface area (Å²) in [6, 6.07) is -0.508. The zero-order valence-corrected chi connectivity index (χ0v) is 12.0. The lowest BCUT2D eigenvalue weighted by atomic mass is 10.1. The molecule has 6 nitrogen and oxygen atoms in total. The minimum Gasteiger partial charge on any atom is -0.329 e. The standard InChI is InChI=1S/C14H9F4N3O3/c1-2-21-7-4-14(7,12(23)19-13(21)24)20-11(22)5-3-6(15)9(17)10(18)8(5)16/h3-4H,2H2,1H3,(H,20,22)(H,19,23,24). The van der Waals surface area contributed by atoms with Gasteiger partial charge in [0.05, 0.1) is 11.3 Å². The lowest BCUT2D eigenvalue weighted by molar-refractivity contribution is -0.123. The van der Waals surface area contributed by atoms with Crippen molar-refractivity contribution in [2.75, 3.05) is 6.54 Å². The Morgan fingerprint density at radius 2 is 1.88 bits per heavy atom. The smallest absolute Gasteiger partial charge is 0.328 e. The van der Waals surface area contributed by atoms with Gasteiger partial charge in [-0.25, -0.2) is 22.4 Å². The van der Waals surface area contributed by atoms with E-state index >= 15 is 0 Å². The molecule has 1 heterocycles. The topological polar surface area (TPSA) is 78.5 Å². The molecule has 0 bridgehead atoms. The van der Waals surface area contributed by atoms with E-state index in [-0.39, 0.29) is 18.3 Å². The third kappa shape index (κ3) is 2.06. The average Bonchev–Trinajstić information content (AvgIpc) is 3.24. The van der Waals surface area contributed by atoms with Crippen molar-refractivity contribution in [3.63, 3.8) is 0 Å². The fourth-order valence-electron chi connectivity index (χ4n) is 2.47. The number of imide groups is 1. The maximum Gasteiger partial charge on any atom is 0.328 e. The number of likely N-dealkylation sites (N-methyl/N-ethyl adjacent to an activating group) is 1. The van der Waals surface area contributed by atoms with Crippen molar-refractivity contribution >= 4 is 17.8 Å². The molecule has 1 fully saturated rings. The molecular formula is C14H9F4N3O3. The van der Waals surface area contributed by atoms with E-state index in [9.17, 15) is 31.9 Å². The van der Waals surface area contributed by atoms with Crippen LogP contribution < -0.4 is 10.6 Å². The Morgan fingerprint density at radius 1 is 1.21 bits per heavy atom. The van der Waals surface area contributed by atoms with E-state index in [0.29, 0.717) is 0 Å². The van der Waals surface area contributed by atoms with Gasteiger partial charge in [-0.05, 0) is 19.1 Å². The summed E-state index contributed by atoms with van der Waals surface area (Å²) in [6.07, 6.45) is 1.24. The molecule has 10 heteroatoms. The summed E-state index contributed by atoms with van der Waals surface area (Å²) in [5, 5.41) is 4.10. The van der Waals surface area contributed by atoms with E-state index in [2.05, 4.69) is 5.32 Å². The minimum atomic E-state index is -2.14. The lowest BCUT2D eigenvalue weighted by Gasteiger charge is -2.30. The van der Waals surface area contributed by atoms with Crippen LogP contribution in [-0.2, 0) is 4.79 Å². The van der Waals surface area contributed by atoms with Crippen LogP contribution in [-0.4, -0.2) is 34.8 Å². The van der Waals surface area contributed by atoms with Gasteiger partial charge in [-0.15, -0.1) is 0 Å². The van der Waals surface area contributed by atoms with Crippen LogP contribution in [0.3, 0.4) is 0 Å². The van der Waals surface area contributed by atoms with Crippen LogP contribution in [0.15, 0.2) is 17.8 Å². The minimum absolute atomic E-state index is 0.163. The molecule has 1 saturated heterocycles. The molecule has 126 valence electrons. The van der Waals surface area contributed by atoms with E-state index in [1.165, 1.54) is 6.08 Å². The Bertz CT molecular complexity index is 839. The highest BCUT2D eigenvalue weighted by atomic mass is 19.2. The van der Waals surface area contributed by atoms with Crippen molar-refractivity contribution in [3.8, 4) is 0 Å². The largest absolute Gasteiger partial charge is 0.329 e. The summed E-state index contributed by atoms with van der Waals surface area (Å²) in [6.45, 7) is 1.81. The molecule has 1 atom stereocenters. The number of urea groups is 1. The number of rotatable bonds is 3. The summed E-state index contributed by atoms with van der Waals surface area (Å²) >= 11 is 0. The van der Waals surface area contributed by atoms with Crippen molar-refractivity contribution in [2.24, 2.45) is 0 Å². The summed E-state index contributed by atoms with van der Waals surface area (Å²) < 4.78 is 53.0. The second-order valence-corrected chi connectivity index (χ2v) is 5.14. The first kappa shape index (κ1) is 16.0. The molecule has 1 aliphatic carbocycles. The van der Waals surface area contributed by atoms with E-state index in [1.807, 2.05) is 5.32 Å². The molecule has 0 saturated carbocycles. The second-order valence-electron chi connectivity index (χ2n) is 5.14. The van der Waals surface area contributed by atoms with E-state index in [4.69, 9.17) is 0 Å². The highest BCUT2D eigenvalue weighted by Gasteiger charge is 2.59. The van der Waals surface area contributed by atoms with Crippen molar-refractivity contribution in [1.82, 2.24) is 15.5 Å². The van der Waals surface area contributed by atoms with Gasteiger partial charge in [-0.2, -0.15) is 0 Å². The van der Waals surface area contributed by atoms with E-state index in [0.717, 1.165) is 4.90 Å². The number of benzene rings is 1. The van der Waals surface area contributed by atoms with Gasteiger partial charge in [0, 0.05) is 6.54 Å². The van der Waals surface area contributed by atoms with Gasteiger partial charge in [0.25, 0.3) is 11.8 Å². The zero-order valence-electron chi connectivity index (χ0n) is 12.0. The van der Waals surface area contributed by atoms with Crippen LogP contribution >= 0.6 is 0 Å².